The molecule has 0 radical (unpaired) electrons. The van der Waals surface area contributed by atoms with Crippen molar-refractivity contribution in [2.75, 3.05) is 37.6 Å². The standard InChI is InChI=1S/C17H20N6O3.ClH/c24-17(16-14-11-18-5-4-15(14)19-20-16)22-8-6-21(7-9-22)12-2-1-3-13(10-12)23(25)26;/h1-3,10,18H,4-9,11H2,(H,19,20);1H. The second-order valence-electron chi connectivity index (χ2n) is 6.51. The van der Waals surface area contributed by atoms with Crippen LogP contribution >= 0.6 is 12.4 Å². The molecular weight excluding hydrogens is 372 g/mol. The Bertz CT molecular complexity index is 847. The molecule has 1 fully saturated rings. The molecule has 1 saturated heterocycles. The lowest BCUT2D eigenvalue weighted by Crippen LogP contribution is -2.49. The Balaban J connectivity index is 0.00000210. The Morgan fingerprint density at radius 3 is 2.74 bits per heavy atom. The maximum absolute atomic E-state index is 12.8. The van der Waals surface area contributed by atoms with Crippen LogP contribution in [0.5, 0.6) is 0 Å². The average molecular weight is 393 g/mol. The molecule has 4 rings (SSSR count). The Morgan fingerprint density at radius 1 is 1.22 bits per heavy atom. The molecule has 2 N–H and O–H groups in total. The van der Waals surface area contributed by atoms with Gasteiger partial charge in [-0.2, -0.15) is 5.10 Å². The number of non-ortho nitro benzene ring substituents is 1. The van der Waals surface area contributed by atoms with Crippen molar-refractivity contribution >= 4 is 29.7 Å². The fraction of sp³-hybridized carbons (Fsp3) is 0.412. The Labute approximate surface area is 162 Å². The summed E-state index contributed by atoms with van der Waals surface area (Å²) in [7, 11) is 0. The first-order valence-corrected chi connectivity index (χ1v) is 8.69. The molecule has 3 heterocycles. The normalized spacial score (nSPS) is 16.4. The molecule has 27 heavy (non-hydrogen) atoms. The minimum absolute atomic E-state index is 0. The van der Waals surface area contributed by atoms with Gasteiger partial charge in [0, 0.05) is 74.8 Å². The van der Waals surface area contributed by atoms with Crippen LogP contribution in [0.4, 0.5) is 11.4 Å². The number of carbonyl (C=O) groups excluding carboxylic acids is 1. The molecule has 1 aromatic heterocycles. The largest absolute Gasteiger partial charge is 0.368 e. The van der Waals surface area contributed by atoms with Crippen LogP contribution in [0.25, 0.3) is 0 Å². The SMILES string of the molecule is Cl.O=C(c1n[nH]c2c1CNCC2)N1CCN(c2cccc([N+](=O)[O-])c2)CC1. The number of hydrogen-bond donors (Lipinski definition) is 2. The van der Waals surface area contributed by atoms with E-state index in [0.717, 1.165) is 29.9 Å². The molecule has 1 aromatic carbocycles. The van der Waals surface area contributed by atoms with Gasteiger partial charge in [0.25, 0.3) is 11.6 Å². The van der Waals surface area contributed by atoms with Crippen LogP contribution in [-0.4, -0.2) is 58.7 Å². The minimum Gasteiger partial charge on any atom is -0.368 e. The van der Waals surface area contributed by atoms with Crippen molar-refractivity contribution in [1.29, 1.82) is 0 Å². The first kappa shape index (κ1) is 19.1. The fourth-order valence-corrected chi connectivity index (χ4v) is 3.52. The number of hydrogen-bond acceptors (Lipinski definition) is 6. The van der Waals surface area contributed by atoms with Crippen LogP contribution in [0, 0.1) is 10.1 Å². The highest BCUT2D eigenvalue weighted by molar-refractivity contribution is 5.94. The van der Waals surface area contributed by atoms with E-state index in [1.54, 1.807) is 17.0 Å². The predicted octanol–water partition coefficient (Wildman–Crippen LogP) is 1.35. The second-order valence-corrected chi connectivity index (χ2v) is 6.51. The van der Waals surface area contributed by atoms with Gasteiger partial charge < -0.3 is 15.1 Å². The van der Waals surface area contributed by atoms with Gasteiger partial charge in [-0.1, -0.05) is 6.07 Å². The number of halogens is 1. The number of fused-ring (bicyclic) bond motifs is 1. The average Bonchev–Trinajstić information content (AvgIpc) is 3.12. The first-order chi connectivity index (χ1) is 12.6. The van der Waals surface area contributed by atoms with Crippen molar-refractivity contribution in [1.82, 2.24) is 20.4 Å². The van der Waals surface area contributed by atoms with Crippen LogP contribution in [0.2, 0.25) is 0 Å². The van der Waals surface area contributed by atoms with Gasteiger partial charge in [-0.05, 0) is 6.07 Å². The predicted molar refractivity (Wildman–Crippen MR) is 102 cm³/mol. The van der Waals surface area contributed by atoms with E-state index >= 15 is 0 Å². The molecule has 0 unspecified atom stereocenters. The van der Waals surface area contributed by atoms with Crippen LogP contribution in [0.1, 0.15) is 21.7 Å². The maximum atomic E-state index is 12.8. The third kappa shape index (κ3) is 3.74. The number of aromatic amines is 1. The molecule has 0 saturated carbocycles. The summed E-state index contributed by atoms with van der Waals surface area (Å²) in [5, 5.41) is 21.4. The van der Waals surface area contributed by atoms with Gasteiger partial charge >= 0.3 is 0 Å². The second kappa shape index (κ2) is 7.93. The molecule has 0 atom stereocenters. The van der Waals surface area contributed by atoms with E-state index in [9.17, 15) is 14.9 Å². The van der Waals surface area contributed by atoms with Crippen molar-refractivity contribution in [3.05, 3.63) is 51.3 Å². The van der Waals surface area contributed by atoms with Crippen molar-refractivity contribution < 1.29 is 9.72 Å². The Kier molecular flexibility index (Phi) is 5.62. The molecule has 2 aliphatic rings. The van der Waals surface area contributed by atoms with Crippen molar-refractivity contribution in [2.45, 2.75) is 13.0 Å². The molecule has 2 aromatic rings. The lowest BCUT2D eigenvalue weighted by molar-refractivity contribution is -0.384. The number of nitro benzene ring substituents is 1. The number of amides is 1. The van der Waals surface area contributed by atoms with E-state index in [2.05, 4.69) is 20.4 Å². The smallest absolute Gasteiger partial charge is 0.274 e. The Hall–Kier alpha value is -2.65. The number of benzene rings is 1. The summed E-state index contributed by atoms with van der Waals surface area (Å²) in [6.07, 6.45) is 0.857. The number of aromatic nitrogens is 2. The molecular formula is C17H21ClN6O3. The molecule has 0 spiro atoms. The zero-order valence-electron chi connectivity index (χ0n) is 14.7. The summed E-state index contributed by atoms with van der Waals surface area (Å²) in [6.45, 7) is 3.97. The number of carbonyl (C=O) groups is 1. The van der Waals surface area contributed by atoms with E-state index in [0.29, 0.717) is 38.4 Å². The molecule has 144 valence electrons. The monoisotopic (exact) mass is 392 g/mol. The lowest BCUT2D eigenvalue weighted by Gasteiger charge is -2.35. The first-order valence-electron chi connectivity index (χ1n) is 8.69. The Morgan fingerprint density at radius 2 is 2.00 bits per heavy atom. The molecule has 0 bridgehead atoms. The summed E-state index contributed by atoms with van der Waals surface area (Å²) in [4.78, 5) is 27.3. The number of piperazine rings is 1. The third-order valence-electron chi connectivity index (χ3n) is 4.98. The lowest BCUT2D eigenvalue weighted by atomic mass is 10.1. The van der Waals surface area contributed by atoms with Crippen LogP contribution in [-0.2, 0) is 13.0 Å². The zero-order chi connectivity index (χ0) is 18.1. The van der Waals surface area contributed by atoms with E-state index < -0.39 is 4.92 Å². The zero-order valence-corrected chi connectivity index (χ0v) is 15.5. The highest BCUT2D eigenvalue weighted by atomic mass is 35.5. The van der Waals surface area contributed by atoms with Crippen molar-refractivity contribution in [3.63, 3.8) is 0 Å². The molecule has 2 aliphatic heterocycles. The molecule has 1 amide bonds. The number of H-pyrrole nitrogens is 1. The molecule has 10 heteroatoms. The van der Waals surface area contributed by atoms with Crippen molar-refractivity contribution in [2.24, 2.45) is 0 Å². The number of nitrogens with zero attached hydrogens (tertiary/aromatic N) is 4. The van der Waals surface area contributed by atoms with Gasteiger partial charge in [-0.25, -0.2) is 0 Å². The number of nitrogens with one attached hydrogen (secondary N) is 2. The molecule has 9 nitrogen and oxygen atoms in total. The van der Waals surface area contributed by atoms with E-state index in [4.69, 9.17) is 0 Å². The summed E-state index contributed by atoms with van der Waals surface area (Å²) in [5.74, 6) is -0.0510. The van der Waals surface area contributed by atoms with Crippen LogP contribution < -0.4 is 10.2 Å². The highest BCUT2D eigenvalue weighted by Crippen LogP contribution is 2.23. The quantitative estimate of drug-likeness (QED) is 0.603. The van der Waals surface area contributed by atoms with Gasteiger partial charge in [0.05, 0.1) is 4.92 Å². The topological polar surface area (TPSA) is 107 Å². The summed E-state index contributed by atoms with van der Waals surface area (Å²) in [6, 6.07) is 6.61. The van der Waals surface area contributed by atoms with Crippen LogP contribution in [0.3, 0.4) is 0 Å². The summed E-state index contributed by atoms with van der Waals surface area (Å²) >= 11 is 0. The number of anilines is 1. The van der Waals surface area contributed by atoms with Gasteiger partial charge in [0.15, 0.2) is 5.69 Å². The van der Waals surface area contributed by atoms with E-state index in [1.165, 1.54) is 6.07 Å². The summed E-state index contributed by atoms with van der Waals surface area (Å²) in [5.41, 5.74) is 3.42. The summed E-state index contributed by atoms with van der Waals surface area (Å²) < 4.78 is 0. The van der Waals surface area contributed by atoms with Gasteiger partial charge in [-0.15, -0.1) is 12.4 Å². The fourth-order valence-electron chi connectivity index (χ4n) is 3.52. The number of rotatable bonds is 3. The molecule has 0 aliphatic carbocycles. The van der Waals surface area contributed by atoms with Gasteiger partial charge in [0.2, 0.25) is 0 Å². The highest BCUT2D eigenvalue weighted by Gasteiger charge is 2.28. The number of nitro groups is 1. The van der Waals surface area contributed by atoms with Gasteiger partial charge in [-0.3, -0.25) is 20.0 Å². The van der Waals surface area contributed by atoms with E-state index in [1.807, 2.05) is 6.07 Å². The van der Waals surface area contributed by atoms with Crippen LogP contribution in [0.15, 0.2) is 24.3 Å². The third-order valence-corrected chi connectivity index (χ3v) is 4.98. The maximum Gasteiger partial charge on any atom is 0.274 e. The van der Waals surface area contributed by atoms with Crippen molar-refractivity contribution in [3.8, 4) is 0 Å². The van der Waals surface area contributed by atoms with Gasteiger partial charge in [0.1, 0.15) is 0 Å². The minimum atomic E-state index is -0.391. The van der Waals surface area contributed by atoms with E-state index in [-0.39, 0.29) is 24.0 Å².